The van der Waals surface area contributed by atoms with Crippen LogP contribution in [0, 0.1) is 32.7 Å². The van der Waals surface area contributed by atoms with E-state index in [-0.39, 0.29) is 0 Å². The summed E-state index contributed by atoms with van der Waals surface area (Å²) in [6.07, 6.45) is 0. The van der Waals surface area contributed by atoms with Crippen molar-refractivity contribution in [3.05, 3.63) is 32.7 Å². The van der Waals surface area contributed by atoms with Crippen LogP contribution in [0.1, 0.15) is 0 Å². The van der Waals surface area contributed by atoms with Crippen LogP contribution in [-0.2, 0) is 0 Å². The van der Waals surface area contributed by atoms with E-state index in [1.54, 1.807) is 0 Å². The fraction of sp³-hybridized carbons (Fsp3) is 0.143. The number of halogens is 6. The van der Waals surface area contributed by atoms with Crippen molar-refractivity contribution >= 4 is 0 Å². The number of hydrogen-bond donors (Lipinski definition) is 0. The molecule has 0 saturated carbocycles. The third kappa shape index (κ3) is 1.63. The van der Waals surface area contributed by atoms with E-state index < -0.39 is 53.9 Å². The average Bonchev–Trinajstić information content (AvgIpc) is 2.13. The molecule has 0 atom stereocenters. The van der Waals surface area contributed by atoms with Crippen LogP contribution in [0.2, 0.25) is 0 Å². The van der Waals surface area contributed by atoms with Crippen LogP contribution in [0.5, 0.6) is 0 Å². The summed E-state index contributed by atoms with van der Waals surface area (Å²) in [5.74, 6) is -9.24. The van der Waals surface area contributed by atoms with Gasteiger partial charge in [0.2, 0.25) is 0 Å². The molecule has 0 N–H and O–H groups in total. The van der Waals surface area contributed by atoms with Gasteiger partial charge in [0.25, 0.3) is 0 Å². The van der Waals surface area contributed by atoms with Gasteiger partial charge in [0, 0.05) is 0 Å². The predicted octanol–water partition coefficient (Wildman–Crippen LogP) is -0.730. The van der Waals surface area contributed by atoms with E-state index in [1.165, 1.54) is 4.93 Å². The van der Waals surface area contributed by atoms with E-state index >= 15 is 0 Å². The Labute approximate surface area is 81.0 Å². The summed E-state index contributed by atoms with van der Waals surface area (Å²) < 4.78 is 62.1. The molecule has 1 aromatic carbocycles. The predicted molar refractivity (Wildman–Crippen MR) is 30.9 cm³/mol. The van der Waals surface area contributed by atoms with Crippen molar-refractivity contribution in [2.75, 3.05) is 4.93 Å². The first-order chi connectivity index (χ1) is 6.00. The summed E-state index contributed by atoms with van der Waals surface area (Å²) >= 11 is -1.18. The van der Waals surface area contributed by atoms with Crippen molar-refractivity contribution in [2.24, 2.45) is 0 Å². The molecule has 1 aromatic rings. The van der Waals surface area contributed by atoms with Crippen LogP contribution < -0.4 is 21.2 Å². The Morgan fingerprint density at radius 3 is 1.31 bits per heavy atom. The molecule has 0 saturated heterocycles. The van der Waals surface area contributed by atoms with Gasteiger partial charge in [-0.2, -0.15) is 0 Å². The monoisotopic (exact) mass is 309 g/mol. The second-order valence-corrected chi connectivity index (χ2v) is 4.23. The van der Waals surface area contributed by atoms with E-state index in [4.69, 9.17) is 0 Å². The molecule has 0 radical (unpaired) electrons. The molecule has 0 heterocycles. The van der Waals surface area contributed by atoms with E-state index in [2.05, 4.69) is 0 Å². The summed E-state index contributed by atoms with van der Waals surface area (Å²) in [7, 11) is 0. The average molecular weight is 309 g/mol. The molecule has 0 aliphatic carbocycles. The Morgan fingerprint density at radius 2 is 1.00 bits per heavy atom. The second-order valence-electron chi connectivity index (χ2n) is 2.07. The summed E-state index contributed by atoms with van der Waals surface area (Å²) in [5, 5.41) is 0. The molecule has 0 unspecified atom stereocenters. The van der Waals surface area contributed by atoms with Gasteiger partial charge in [0.15, 0.2) is 0 Å². The van der Waals surface area contributed by atoms with Crippen molar-refractivity contribution < 1.29 is 43.2 Å². The van der Waals surface area contributed by atoms with Gasteiger partial charge in [0.1, 0.15) is 0 Å². The Balaban J connectivity index is 3.56. The van der Waals surface area contributed by atoms with Gasteiger partial charge < -0.3 is 0 Å². The van der Waals surface area contributed by atoms with Gasteiger partial charge in [-0.25, -0.2) is 0 Å². The Bertz CT molecular complexity index is 320. The van der Waals surface area contributed by atoms with Gasteiger partial charge in [-0.3, -0.25) is 0 Å². The first kappa shape index (κ1) is 10.7. The topological polar surface area (TPSA) is 0 Å². The van der Waals surface area contributed by atoms with Crippen LogP contribution in [0.4, 0.5) is 22.0 Å². The maximum absolute atomic E-state index is 12.7. The molecule has 0 aliphatic rings. The summed E-state index contributed by atoms with van der Waals surface area (Å²) in [6, 6.07) is 0. The van der Waals surface area contributed by atoms with Crippen molar-refractivity contribution in [2.45, 2.75) is 0 Å². The van der Waals surface area contributed by atoms with Crippen LogP contribution in [-0.4, -0.2) is 4.93 Å². The quantitative estimate of drug-likeness (QED) is 0.211. The summed E-state index contributed by atoms with van der Waals surface area (Å²) in [5.41, 5.74) is 0. The Kier molecular flexibility index (Phi) is 3.09. The number of rotatable bonds is 1. The Morgan fingerprint density at radius 1 is 0.692 bits per heavy atom. The summed E-state index contributed by atoms with van der Waals surface area (Å²) in [4.78, 5) is 1.41. The molecule has 0 nitrogen and oxygen atoms in total. The van der Waals surface area contributed by atoms with Crippen molar-refractivity contribution in [1.29, 1.82) is 0 Å². The SMILES string of the molecule is C[I-]c1c(F)c(F)c(F)c(F)c1F. The second kappa shape index (κ2) is 3.77. The van der Waals surface area contributed by atoms with E-state index in [0.717, 1.165) is 0 Å². The number of hydrogen-bond acceptors (Lipinski definition) is 0. The van der Waals surface area contributed by atoms with Crippen molar-refractivity contribution in [1.82, 2.24) is 0 Å². The van der Waals surface area contributed by atoms with Gasteiger partial charge in [-0.05, 0) is 0 Å². The molecule has 0 fully saturated rings. The third-order valence-electron chi connectivity index (χ3n) is 1.35. The fourth-order valence-electron chi connectivity index (χ4n) is 0.744. The molecule has 13 heavy (non-hydrogen) atoms. The molecule has 0 amide bonds. The minimum absolute atomic E-state index is 0.671. The fourth-order valence-corrected chi connectivity index (χ4v) is 2.16. The van der Waals surface area contributed by atoms with E-state index in [0.29, 0.717) is 0 Å². The molecule has 0 bridgehead atoms. The normalized spacial score (nSPS) is 10.9. The molecule has 6 heteroatoms. The van der Waals surface area contributed by atoms with Gasteiger partial charge >= 0.3 is 80.7 Å². The van der Waals surface area contributed by atoms with Crippen molar-refractivity contribution in [3.63, 3.8) is 0 Å². The zero-order chi connectivity index (χ0) is 10.2. The molecule has 0 aromatic heterocycles. The third-order valence-corrected chi connectivity index (χ3v) is 3.37. The number of benzene rings is 1. The van der Waals surface area contributed by atoms with Gasteiger partial charge in [-0.1, -0.05) is 0 Å². The van der Waals surface area contributed by atoms with Crippen LogP contribution in [0.15, 0.2) is 0 Å². The summed E-state index contributed by atoms with van der Waals surface area (Å²) in [6.45, 7) is 0. The Hall–Kier alpha value is -0.400. The molecule has 0 aliphatic heterocycles. The zero-order valence-electron chi connectivity index (χ0n) is 6.27. The molecule has 1 rings (SSSR count). The molecular weight excluding hydrogens is 306 g/mol. The van der Waals surface area contributed by atoms with Crippen LogP contribution in [0.3, 0.4) is 0 Å². The van der Waals surface area contributed by atoms with E-state index in [1.807, 2.05) is 0 Å². The van der Waals surface area contributed by atoms with E-state index in [9.17, 15) is 22.0 Å². The van der Waals surface area contributed by atoms with Crippen molar-refractivity contribution in [3.8, 4) is 0 Å². The molecule has 74 valence electrons. The first-order valence-corrected chi connectivity index (χ1v) is 6.25. The standard InChI is InChI=1S/C7H3F5I/c1-13-7-5(11)3(9)2(8)4(10)6(7)12/h1H3/q-1. The van der Waals surface area contributed by atoms with Crippen LogP contribution >= 0.6 is 0 Å². The number of alkyl halides is 1. The first-order valence-electron chi connectivity index (χ1n) is 3.01. The minimum atomic E-state index is -2.10. The molecular formula is C7H3F5I-. The van der Waals surface area contributed by atoms with Gasteiger partial charge in [0.05, 0.1) is 0 Å². The van der Waals surface area contributed by atoms with Crippen LogP contribution in [0.25, 0.3) is 0 Å². The van der Waals surface area contributed by atoms with Gasteiger partial charge in [-0.15, -0.1) is 0 Å². The maximum atomic E-state index is 12.7. The zero-order valence-corrected chi connectivity index (χ0v) is 8.43. The molecule has 0 spiro atoms.